The number of amidine groups is 1. The molecule has 1 heterocycles. The quantitative estimate of drug-likeness (QED) is 0.620. The van der Waals surface area contributed by atoms with Gasteiger partial charge >= 0.3 is 0 Å². The molecule has 0 fully saturated rings. The third-order valence-electron chi connectivity index (χ3n) is 2.71. The van der Waals surface area contributed by atoms with Gasteiger partial charge in [0.1, 0.15) is 5.84 Å². The van der Waals surface area contributed by atoms with Crippen molar-refractivity contribution in [1.82, 2.24) is 9.78 Å². The second-order valence-electron chi connectivity index (χ2n) is 4.16. The fourth-order valence-corrected chi connectivity index (χ4v) is 1.82. The lowest BCUT2D eigenvalue weighted by molar-refractivity contribution is 0.585. The molecule has 1 atom stereocenters. The summed E-state index contributed by atoms with van der Waals surface area (Å²) in [6.45, 7) is 2.60. The maximum Gasteiger partial charge on any atom is 0.100 e. The molecular weight excluding hydrogens is 212 g/mol. The van der Waals surface area contributed by atoms with Gasteiger partial charge < -0.3 is 5.73 Å². The van der Waals surface area contributed by atoms with E-state index in [9.17, 15) is 0 Å². The highest BCUT2D eigenvalue weighted by molar-refractivity contribution is 5.84. The summed E-state index contributed by atoms with van der Waals surface area (Å²) in [6, 6.07) is 9.85. The predicted molar refractivity (Wildman–Crippen MR) is 68.1 cm³/mol. The molecule has 1 aromatic carbocycles. The van der Waals surface area contributed by atoms with Crippen molar-refractivity contribution < 1.29 is 0 Å². The number of hydrogen-bond donors (Lipinski definition) is 2. The molecule has 0 spiro atoms. The van der Waals surface area contributed by atoms with Crippen LogP contribution in [0.25, 0.3) is 0 Å². The summed E-state index contributed by atoms with van der Waals surface area (Å²) >= 11 is 0. The minimum absolute atomic E-state index is 0.115. The summed E-state index contributed by atoms with van der Waals surface area (Å²) in [4.78, 5) is 0. The molecule has 0 saturated carbocycles. The van der Waals surface area contributed by atoms with E-state index in [1.807, 2.05) is 54.3 Å². The number of rotatable bonds is 4. The highest BCUT2D eigenvalue weighted by Crippen LogP contribution is 2.17. The van der Waals surface area contributed by atoms with Crippen LogP contribution in [0.2, 0.25) is 0 Å². The van der Waals surface area contributed by atoms with Crippen LogP contribution >= 0.6 is 0 Å². The van der Waals surface area contributed by atoms with Crippen molar-refractivity contribution in [2.45, 2.75) is 19.4 Å². The molecule has 0 radical (unpaired) electrons. The predicted octanol–water partition coefficient (Wildman–Crippen LogP) is 1.91. The van der Waals surface area contributed by atoms with Crippen LogP contribution < -0.4 is 5.73 Å². The lowest BCUT2D eigenvalue weighted by Gasteiger charge is -2.15. The van der Waals surface area contributed by atoms with E-state index in [2.05, 4.69) is 5.10 Å². The number of hydrogen-bond acceptors (Lipinski definition) is 2. The van der Waals surface area contributed by atoms with Gasteiger partial charge in [-0.1, -0.05) is 30.3 Å². The maximum atomic E-state index is 7.68. The van der Waals surface area contributed by atoms with Crippen LogP contribution in [0, 0.1) is 12.3 Å². The number of aryl methyl sites for hydroxylation is 1. The van der Waals surface area contributed by atoms with Crippen molar-refractivity contribution in [2.75, 3.05) is 0 Å². The second kappa shape index (κ2) is 4.82. The Balaban J connectivity index is 2.22. The molecule has 88 valence electrons. The first kappa shape index (κ1) is 11.4. The highest BCUT2D eigenvalue weighted by atomic mass is 15.3. The van der Waals surface area contributed by atoms with Crippen molar-refractivity contribution in [2.24, 2.45) is 5.73 Å². The number of aromatic nitrogens is 2. The molecule has 1 aromatic heterocycles. The summed E-state index contributed by atoms with van der Waals surface area (Å²) in [7, 11) is 0. The average Bonchev–Trinajstić information content (AvgIpc) is 2.73. The van der Waals surface area contributed by atoms with Crippen molar-refractivity contribution in [3.8, 4) is 0 Å². The van der Waals surface area contributed by atoms with Crippen LogP contribution in [0.15, 0.2) is 42.7 Å². The summed E-state index contributed by atoms with van der Waals surface area (Å²) in [5.74, 6) is 0.0554. The molecule has 1 unspecified atom stereocenters. The first-order valence-electron chi connectivity index (χ1n) is 5.54. The molecule has 2 aromatic rings. The van der Waals surface area contributed by atoms with E-state index < -0.39 is 0 Å². The maximum absolute atomic E-state index is 7.68. The normalized spacial score (nSPS) is 12.3. The zero-order chi connectivity index (χ0) is 12.3. The Bertz CT molecular complexity index is 501. The third-order valence-corrected chi connectivity index (χ3v) is 2.71. The number of nitrogens with zero attached hydrogens (tertiary/aromatic N) is 2. The van der Waals surface area contributed by atoms with Crippen molar-refractivity contribution in [3.63, 3.8) is 0 Å². The van der Waals surface area contributed by atoms with Gasteiger partial charge in [0.25, 0.3) is 0 Å². The Labute approximate surface area is 101 Å². The molecule has 0 aliphatic heterocycles. The van der Waals surface area contributed by atoms with E-state index >= 15 is 0 Å². The van der Waals surface area contributed by atoms with Gasteiger partial charge in [-0.05, 0) is 18.1 Å². The zero-order valence-corrected chi connectivity index (χ0v) is 9.80. The van der Waals surface area contributed by atoms with Crippen molar-refractivity contribution >= 4 is 5.84 Å². The minimum atomic E-state index is -0.115. The monoisotopic (exact) mass is 228 g/mol. The van der Waals surface area contributed by atoms with Crippen molar-refractivity contribution in [3.05, 3.63) is 53.9 Å². The first-order valence-corrected chi connectivity index (χ1v) is 5.54. The molecule has 0 aliphatic rings. The Kier molecular flexibility index (Phi) is 3.23. The Morgan fingerprint density at radius 3 is 2.65 bits per heavy atom. The van der Waals surface area contributed by atoms with E-state index in [-0.39, 0.29) is 11.8 Å². The van der Waals surface area contributed by atoms with E-state index in [1.54, 1.807) is 0 Å². The zero-order valence-electron chi connectivity index (χ0n) is 9.80. The summed E-state index contributed by atoms with van der Waals surface area (Å²) in [5, 5.41) is 11.9. The molecule has 2 rings (SSSR count). The second-order valence-corrected chi connectivity index (χ2v) is 4.16. The first-order chi connectivity index (χ1) is 8.16. The largest absolute Gasteiger partial charge is 0.387 e. The minimum Gasteiger partial charge on any atom is -0.387 e. The number of nitrogens with one attached hydrogen (secondary N) is 1. The highest BCUT2D eigenvalue weighted by Gasteiger charge is 2.15. The van der Waals surface area contributed by atoms with Crippen LogP contribution in [0.4, 0.5) is 0 Å². The molecule has 17 heavy (non-hydrogen) atoms. The SMILES string of the molecule is Cc1cnn(CC(C(=N)N)c2ccccc2)c1. The molecule has 3 N–H and O–H groups in total. The number of benzene rings is 1. The molecule has 0 saturated heterocycles. The topological polar surface area (TPSA) is 67.7 Å². The van der Waals surface area contributed by atoms with Crippen LogP contribution in [0.1, 0.15) is 17.0 Å². The molecule has 0 bridgehead atoms. The summed E-state index contributed by atoms with van der Waals surface area (Å²) in [6.07, 6.45) is 3.76. The van der Waals surface area contributed by atoms with Crippen LogP contribution in [-0.2, 0) is 6.54 Å². The Morgan fingerprint density at radius 1 is 1.41 bits per heavy atom. The van der Waals surface area contributed by atoms with Gasteiger partial charge in [-0.15, -0.1) is 0 Å². The smallest absolute Gasteiger partial charge is 0.100 e. The molecule has 4 heteroatoms. The van der Waals surface area contributed by atoms with Gasteiger partial charge in [0.2, 0.25) is 0 Å². The van der Waals surface area contributed by atoms with Gasteiger partial charge in [0.15, 0.2) is 0 Å². The number of nitrogens with two attached hydrogens (primary N) is 1. The molecule has 0 aliphatic carbocycles. The van der Waals surface area contributed by atoms with Gasteiger partial charge in [-0.2, -0.15) is 5.10 Å². The average molecular weight is 228 g/mol. The van der Waals surface area contributed by atoms with Crippen LogP contribution in [-0.4, -0.2) is 15.6 Å². The van der Waals surface area contributed by atoms with E-state index in [1.165, 1.54) is 0 Å². The fraction of sp³-hybridized carbons (Fsp3) is 0.231. The molecule has 4 nitrogen and oxygen atoms in total. The van der Waals surface area contributed by atoms with Crippen LogP contribution in [0.5, 0.6) is 0 Å². The molecular formula is C13H16N4. The van der Waals surface area contributed by atoms with E-state index in [0.717, 1.165) is 11.1 Å². The summed E-state index contributed by atoms with van der Waals surface area (Å²) in [5.41, 5.74) is 7.83. The lowest BCUT2D eigenvalue weighted by atomic mass is 9.98. The van der Waals surface area contributed by atoms with Crippen LogP contribution in [0.3, 0.4) is 0 Å². The summed E-state index contributed by atoms with van der Waals surface area (Å²) < 4.78 is 1.83. The van der Waals surface area contributed by atoms with E-state index in [4.69, 9.17) is 11.1 Å². The van der Waals surface area contributed by atoms with Crippen molar-refractivity contribution in [1.29, 1.82) is 5.41 Å². The molecule has 0 amide bonds. The Morgan fingerprint density at radius 2 is 2.12 bits per heavy atom. The van der Waals surface area contributed by atoms with Gasteiger partial charge in [0, 0.05) is 6.20 Å². The third kappa shape index (κ3) is 2.72. The van der Waals surface area contributed by atoms with Gasteiger partial charge in [0.05, 0.1) is 18.7 Å². The Hall–Kier alpha value is -2.10. The van der Waals surface area contributed by atoms with Gasteiger partial charge in [-0.3, -0.25) is 10.1 Å². The standard InChI is InChI=1S/C13H16N4/c1-10-7-16-17(8-10)9-12(13(14)15)11-5-3-2-4-6-11/h2-8,12H,9H2,1H3,(H3,14,15). The van der Waals surface area contributed by atoms with Gasteiger partial charge in [-0.25, -0.2) is 0 Å². The lowest BCUT2D eigenvalue weighted by Crippen LogP contribution is -2.25. The fourth-order valence-electron chi connectivity index (χ4n) is 1.82. The van der Waals surface area contributed by atoms with E-state index in [0.29, 0.717) is 6.54 Å².